The van der Waals surface area contributed by atoms with Crippen LogP contribution >= 0.6 is 0 Å². The van der Waals surface area contributed by atoms with Crippen LogP contribution in [0.2, 0.25) is 0 Å². The fourth-order valence-electron chi connectivity index (χ4n) is 2.42. The highest BCUT2D eigenvalue weighted by molar-refractivity contribution is 7.89. The summed E-state index contributed by atoms with van der Waals surface area (Å²) in [5.74, 6) is 0.832. The zero-order valence-electron chi connectivity index (χ0n) is 13.0. The summed E-state index contributed by atoms with van der Waals surface area (Å²) in [4.78, 5) is 17.1. The van der Waals surface area contributed by atoms with Gasteiger partial charge in [-0.2, -0.15) is 0 Å². The largest absolute Gasteiger partial charge is 0.358 e. The fraction of sp³-hybridized carbons (Fsp3) is 0.571. The smallest absolute Gasteiger partial charge is 0.258 e. The molecule has 1 saturated carbocycles. The van der Waals surface area contributed by atoms with E-state index in [4.69, 9.17) is 0 Å². The zero-order valence-corrected chi connectivity index (χ0v) is 13.9. The maximum absolute atomic E-state index is 12.3. The van der Waals surface area contributed by atoms with Gasteiger partial charge in [0.2, 0.25) is 5.91 Å². The van der Waals surface area contributed by atoms with E-state index in [1.54, 1.807) is 31.1 Å². The van der Waals surface area contributed by atoms with Crippen molar-refractivity contribution in [2.75, 3.05) is 25.5 Å². The molecule has 0 aliphatic heterocycles. The third kappa shape index (κ3) is 3.95. The van der Waals surface area contributed by atoms with E-state index in [9.17, 15) is 13.2 Å². The topological polar surface area (TPSA) is 91.4 Å². The van der Waals surface area contributed by atoms with Crippen LogP contribution in [0.3, 0.4) is 0 Å². The van der Waals surface area contributed by atoms with E-state index in [-0.39, 0.29) is 23.5 Å². The molecule has 0 bridgehead atoms. The molecule has 22 heavy (non-hydrogen) atoms. The van der Waals surface area contributed by atoms with E-state index in [1.807, 2.05) is 0 Å². The standard InChI is InChI=1S/C14H22N4O3S/c1-10-7-11(8-10)17-22(20,21)14-6-4-5-12(16-14)18(3)9-13(19)15-2/h4-6,10-11,17H,7-9H2,1-3H3,(H,15,19). The van der Waals surface area contributed by atoms with Crippen molar-refractivity contribution < 1.29 is 13.2 Å². The third-order valence-corrected chi connectivity index (χ3v) is 5.15. The first kappa shape index (κ1) is 16.7. The molecule has 8 heteroatoms. The van der Waals surface area contributed by atoms with Crippen LogP contribution in [0.5, 0.6) is 0 Å². The lowest BCUT2D eigenvalue weighted by molar-refractivity contribution is -0.119. The van der Waals surface area contributed by atoms with Gasteiger partial charge in [-0.05, 0) is 30.9 Å². The molecule has 1 fully saturated rings. The van der Waals surface area contributed by atoms with Crippen LogP contribution < -0.4 is 14.9 Å². The van der Waals surface area contributed by atoms with E-state index >= 15 is 0 Å². The van der Waals surface area contributed by atoms with Crippen LogP contribution in [-0.2, 0) is 14.8 Å². The number of hydrogen-bond donors (Lipinski definition) is 2. The molecule has 0 atom stereocenters. The van der Waals surface area contributed by atoms with Crippen LogP contribution in [0, 0.1) is 5.92 Å². The van der Waals surface area contributed by atoms with Crippen molar-refractivity contribution in [1.29, 1.82) is 0 Å². The molecule has 1 amide bonds. The molecule has 1 aliphatic rings. The molecule has 1 heterocycles. The van der Waals surface area contributed by atoms with E-state index in [0.717, 1.165) is 12.8 Å². The Morgan fingerprint density at radius 1 is 1.41 bits per heavy atom. The summed E-state index contributed by atoms with van der Waals surface area (Å²) in [7, 11) is -0.383. The lowest BCUT2D eigenvalue weighted by Crippen LogP contribution is -2.43. The maximum Gasteiger partial charge on any atom is 0.258 e. The van der Waals surface area contributed by atoms with Crippen molar-refractivity contribution in [2.45, 2.75) is 30.8 Å². The van der Waals surface area contributed by atoms with Gasteiger partial charge in [-0.25, -0.2) is 18.1 Å². The predicted octanol–water partition coefficient (Wildman–Crippen LogP) is 0.341. The number of pyridine rings is 1. The van der Waals surface area contributed by atoms with Gasteiger partial charge >= 0.3 is 0 Å². The highest BCUT2D eigenvalue weighted by atomic mass is 32.2. The highest BCUT2D eigenvalue weighted by Crippen LogP contribution is 2.27. The van der Waals surface area contributed by atoms with E-state index in [2.05, 4.69) is 21.9 Å². The Hall–Kier alpha value is -1.67. The monoisotopic (exact) mass is 326 g/mol. The van der Waals surface area contributed by atoms with Crippen molar-refractivity contribution in [3.63, 3.8) is 0 Å². The Balaban J connectivity index is 2.11. The number of sulfonamides is 1. The minimum atomic E-state index is -3.62. The Kier molecular flexibility index (Phi) is 5.02. The Morgan fingerprint density at radius 3 is 2.68 bits per heavy atom. The zero-order chi connectivity index (χ0) is 16.3. The molecule has 7 nitrogen and oxygen atoms in total. The average molecular weight is 326 g/mol. The number of anilines is 1. The number of amides is 1. The van der Waals surface area contributed by atoms with Crippen LogP contribution in [0.1, 0.15) is 19.8 Å². The molecule has 0 unspecified atom stereocenters. The summed E-state index contributed by atoms with van der Waals surface area (Å²) < 4.78 is 27.3. The molecule has 2 N–H and O–H groups in total. The Bertz CT molecular complexity index is 641. The van der Waals surface area contributed by atoms with Gasteiger partial charge in [0, 0.05) is 20.1 Å². The summed E-state index contributed by atoms with van der Waals surface area (Å²) >= 11 is 0. The normalized spacial score (nSPS) is 21.0. The van der Waals surface area contributed by atoms with Gasteiger partial charge in [0.1, 0.15) is 5.82 Å². The average Bonchev–Trinajstić information content (AvgIpc) is 2.45. The molecule has 2 rings (SSSR count). The first-order chi connectivity index (χ1) is 10.3. The SMILES string of the molecule is CNC(=O)CN(C)c1cccc(S(=O)(=O)NC2CC(C)C2)n1. The van der Waals surface area contributed by atoms with Crippen molar-refractivity contribution >= 4 is 21.7 Å². The van der Waals surface area contributed by atoms with Crippen LogP contribution in [0.15, 0.2) is 23.2 Å². The Labute approximate surface area is 131 Å². The number of rotatable bonds is 6. The minimum absolute atomic E-state index is 0.00550. The predicted molar refractivity (Wildman–Crippen MR) is 84.1 cm³/mol. The first-order valence-electron chi connectivity index (χ1n) is 7.23. The number of likely N-dealkylation sites (N-methyl/N-ethyl adjacent to an activating group) is 2. The van der Waals surface area contributed by atoms with Gasteiger partial charge in [-0.1, -0.05) is 13.0 Å². The second kappa shape index (κ2) is 6.62. The third-order valence-electron chi connectivity index (χ3n) is 3.73. The highest BCUT2D eigenvalue weighted by Gasteiger charge is 2.30. The number of carbonyl (C=O) groups excluding carboxylic acids is 1. The minimum Gasteiger partial charge on any atom is -0.358 e. The molecular weight excluding hydrogens is 304 g/mol. The van der Waals surface area contributed by atoms with Crippen molar-refractivity contribution in [3.05, 3.63) is 18.2 Å². The van der Waals surface area contributed by atoms with E-state index in [0.29, 0.717) is 11.7 Å². The van der Waals surface area contributed by atoms with E-state index in [1.165, 1.54) is 6.07 Å². The van der Waals surface area contributed by atoms with Crippen LogP contribution in [-0.4, -0.2) is 46.0 Å². The molecule has 1 aliphatic carbocycles. The molecule has 0 saturated heterocycles. The van der Waals surface area contributed by atoms with E-state index < -0.39 is 10.0 Å². The molecule has 122 valence electrons. The number of nitrogens with zero attached hydrogens (tertiary/aromatic N) is 2. The summed E-state index contributed by atoms with van der Waals surface area (Å²) in [6, 6.07) is 4.75. The van der Waals surface area contributed by atoms with Gasteiger partial charge in [0.15, 0.2) is 5.03 Å². The van der Waals surface area contributed by atoms with Gasteiger partial charge in [-0.15, -0.1) is 0 Å². The molecule has 1 aromatic heterocycles. The molecule has 0 radical (unpaired) electrons. The molecule has 1 aromatic rings. The molecule has 0 aromatic carbocycles. The molecular formula is C14H22N4O3S. The lowest BCUT2D eigenvalue weighted by Gasteiger charge is -2.32. The number of hydrogen-bond acceptors (Lipinski definition) is 5. The lowest BCUT2D eigenvalue weighted by atomic mass is 9.83. The van der Waals surface area contributed by atoms with Crippen LogP contribution in [0.25, 0.3) is 0 Å². The summed E-state index contributed by atoms with van der Waals surface area (Å²) in [6.45, 7) is 2.21. The van der Waals surface area contributed by atoms with Crippen molar-refractivity contribution in [3.8, 4) is 0 Å². The maximum atomic E-state index is 12.3. The fourth-order valence-corrected chi connectivity index (χ4v) is 3.64. The van der Waals surface area contributed by atoms with Gasteiger partial charge < -0.3 is 10.2 Å². The Morgan fingerprint density at radius 2 is 2.09 bits per heavy atom. The number of aromatic nitrogens is 1. The summed E-state index contributed by atoms with van der Waals surface area (Å²) in [6.07, 6.45) is 1.71. The van der Waals surface area contributed by atoms with Gasteiger partial charge in [0.05, 0.1) is 6.54 Å². The van der Waals surface area contributed by atoms with Crippen molar-refractivity contribution in [2.24, 2.45) is 5.92 Å². The first-order valence-corrected chi connectivity index (χ1v) is 8.71. The number of nitrogens with one attached hydrogen (secondary N) is 2. The van der Waals surface area contributed by atoms with Crippen molar-refractivity contribution in [1.82, 2.24) is 15.0 Å². The van der Waals surface area contributed by atoms with Gasteiger partial charge in [0.25, 0.3) is 10.0 Å². The quantitative estimate of drug-likeness (QED) is 0.786. The summed E-state index contributed by atoms with van der Waals surface area (Å²) in [5, 5.41) is 2.50. The molecule has 0 spiro atoms. The second-order valence-corrected chi connectivity index (χ2v) is 7.42. The summed E-state index contributed by atoms with van der Waals surface area (Å²) in [5.41, 5.74) is 0. The number of carbonyl (C=O) groups is 1. The van der Waals surface area contributed by atoms with Crippen LogP contribution in [0.4, 0.5) is 5.82 Å². The van der Waals surface area contributed by atoms with Gasteiger partial charge in [-0.3, -0.25) is 4.79 Å². The second-order valence-electron chi connectivity index (χ2n) is 5.76.